The Morgan fingerprint density at radius 2 is 1.97 bits per heavy atom. The van der Waals surface area contributed by atoms with E-state index < -0.39 is 17.9 Å². The van der Waals surface area contributed by atoms with Crippen LogP contribution in [0, 0.1) is 18.8 Å². The fourth-order valence-corrected chi connectivity index (χ4v) is 4.42. The van der Waals surface area contributed by atoms with E-state index in [1.807, 2.05) is 48.7 Å². The van der Waals surface area contributed by atoms with Gasteiger partial charge < -0.3 is 15.0 Å². The van der Waals surface area contributed by atoms with Crippen LogP contribution in [0.4, 0.5) is 5.69 Å². The van der Waals surface area contributed by atoms with Crippen molar-refractivity contribution < 1.29 is 19.1 Å². The first kappa shape index (κ1) is 22.0. The molecule has 0 aliphatic carbocycles. The Balaban J connectivity index is 1.72. The van der Waals surface area contributed by atoms with Gasteiger partial charge in [-0.2, -0.15) is 0 Å². The minimum Gasteiger partial charge on any atom is -0.455 e. The molecule has 30 heavy (non-hydrogen) atoms. The number of carbonyl (C=O) groups excluding carboxylic acids is 3. The highest BCUT2D eigenvalue weighted by molar-refractivity contribution is 7.10. The first-order valence-corrected chi connectivity index (χ1v) is 11.1. The molecule has 2 unspecified atom stereocenters. The number of anilines is 1. The molecule has 1 fully saturated rings. The zero-order valence-electron chi connectivity index (χ0n) is 17.6. The second kappa shape index (κ2) is 9.89. The summed E-state index contributed by atoms with van der Waals surface area (Å²) in [7, 11) is 0. The monoisotopic (exact) mass is 428 g/mol. The van der Waals surface area contributed by atoms with Gasteiger partial charge in [-0.15, -0.1) is 11.3 Å². The number of carbonyl (C=O) groups is 3. The molecule has 7 heteroatoms. The summed E-state index contributed by atoms with van der Waals surface area (Å²) in [6.45, 7) is 6.36. The first-order valence-electron chi connectivity index (χ1n) is 10.2. The van der Waals surface area contributed by atoms with Gasteiger partial charge in [0.05, 0.1) is 12.0 Å². The van der Waals surface area contributed by atoms with Crippen LogP contribution in [0.5, 0.6) is 0 Å². The number of esters is 1. The highest BCUT2D eigenvalue weighted by atomic mass is 32.1. The third-order valence-electron chi connectivity index (χ3n) is 5.16. The van der Waals surface area contributed by atoms with Crippen LogP contribution in [0.2, 0.25) is 0 Å². The Morgan fingerprint density at radius 1 is 1.23 bits per heavy atom. The van der Waals surface area contributed by atoms with Crippen molar-refractivity contribution in [1.29, 1.82) is 0 Å². The maximum Gasteiger partial charge on any atom is 0.312 e. The average Bonchev–Trinajstić information content (AvgIpc) is 3.34. The third kappa shape index (κ3) is 5.27. The standard InChI is InChI=1S/C23H28N2O4S/c1-15(2)10-11-24-20(26)14-29-23(28)18-13-21(27)25(17-8-6-16(3)7-9-17)22(18)19-5-4-12-30-19/h4-9,12,15,18,22H,10-11,13-14H2,1-3H3,(H,24,26). The molecule has 2 aromatic rings. The summed E-state index contributed by atoms with van der Waals surface area (Å²) in [6, 6.07) is 11.1. The summed E-state index contributed by atoms with van der Waals surface area (Å²) < 4.78 is 5.30. The lowest BCUT2D eigenvalue weighted by atomic mass is 9.99. The van der Waals surface area contributed by atoms with Gasteiger partial charge in [0.2, 0.25) is 5.91 Å². The fraction of sp³-hybridized carbons (Fsp3) is 0.435. The van der Waals surface area contributed by atoms with E-state index in [4.69, 9.17) is 4.74 Å². The van der Waals surface area contributed by atoms with Crippen LogP contribution in [0.3, 0.4) is 0 Å². The molecule has 0 spiro atoms. The van der Waals surface area contributed by atoms with Crippen molar-refractivity contribution in [3.63, 3.8) is 0 Å². The van der Waals surface area contributed by atoms with E-state index in [-0.39, 0.29) is 24.8 Å². The number of hydrogen-bond donors (Lipinski definition) is 1. The molecule has 0 bridgehead atoms. The number of amides is 2. The maximum absolute atomic E-state index is 12.9. The quantitative estimate of drug-likeness (QED) is 0.648. The molecule has 0 radical (unpaired) electrons. The molecule has 1 saturated heterocycles. The van der Waals surface area contributed by atoms with Gasteiger partial charge in [-0.25, -0.2) is 0 Å². The third-order valence-corrected chi connectivity index (χ3v) is 6.10. The summed E-state index contributed by atoms with van der Waals surface area (Å²) in [5, 5.41) is 4.68. The number of thiophene rings is 1. The lowest BCUT2D eigenvalue weighted by Crippen LogP contribution is -2.33. The van der Waals surface area contributed by atoms with E-state index in [2.05, 4.69) is 19.2 Å². The van der Waals surface area contributed by atoms with E-state index in [9.17, 15) is 14.4 Å². The van der Waals surface area contributed by atoms with Gasteiger partial charge in [-0.05, 0) is 42.8 Å². The maximum atomic E-state index is 12.9. The summed E-state index contributed by atoms with van der Waals surface area (Å²) in [5.41, 5.74) is 1.85. The molecule has 0 saturated carbocycles. The van der Waals surface area contributed by atoms with Crippen LogP contribution in [0.25, 0.3) is 0 Å². The van der Waals surface area contributed by atoms with Crippen LogP contribution in [-0.2, 0) is 19.1 Å². The van der Waals surface area contributed by atoms with Crippen molar-refractivity contribution in [3.05, 3.63) is 52.2 Å². The van der Waals surface area contributed by atoms with Crippen molar-refractivity contribution in [2.24, 2.45) is 11.8 Å². The van der Waals surface area contributed by atoms with Gasteiger partial charge in [-0.1, -0.05) is 37.6 Å². The number of aryl methyl sites for hydroxylation is 1. The highest BCUT2D eigenvalue weighted by Crippen LogP contribution is 2.43. The Bertz CT molecular complexity index is 877. The lowest BCUT2D eigenvalue weighted by Gasteiger charge is -2.27. The van der Waals surface area contributed by atoms with Crippen LogP contribution < -0.4 is 10.2 Å². The second-order valence-corrected chi connectivity index (χ2v) is 8.99. The molecule has 1 aliphatic heterocycles. The topological polar surface area (TPSA) is 75.7 Å². The van der Waals surface area contributed by atoms with Gasteiger partial charge in [0.15, 0.2) is 6.61 Å². The van der Waals surface area contributed by atoms with E-state index >= 15 is 0 Å². The number of ether oxygens (including phenoxy) is 1. The average molecular weight is 429 g/mol. The number of nitrogens with one attached hydrogen (secondary N) is 1. The largest absolute Gasteiger partial charge is 0.455 e. The Labute approximate surface area is 181 Å². The molecule has 1 aromatic heterocycles. The van der Waals surface area contributed by atoms with Crippen molar-refractivity contribution in [1.82, 2.24) is 5.32 Å². The van der Waals surface area contributed by atoms with Crippen molar-refractivity contribution >= 4 is 34.8 Å². The summed E-state index contributed by atoms with van der Waals surface area (Å²) in [4.78, 5) is 40.3. The fourth-order valence-electron chi connectivity index (χ4n) is 3.54. The number of rotatable bonds is 8. The summed E-state index contributed by atoms with van der Waals surface area (Å²) in [5.74, 6) is -1.13. The van der Waals surface area contributed by atoms with E-state index in [0.29, 0.717) is 12.5 Å². The van der Waals surface area contributed by atoms with Crippen molar-refractivity contribution in [2.45, 2.75) is 39.7 Å². The predicted molar refractivity (Wildman–Crippen MR) is 117 cm³/mol. The van der Waals surface area contributed by atoms with Crippen LogP contribution >= 0.6 is 11.3 Å². The van der Waals surface area contributed by atoms with Crippen molar-refractivity contribution in [3.8, 4) is 0 Å². The minimum atomic E-state index is -0.652. The zero-order chi connectivity index (χ0) is 21.7. The molecule has 1 N–H and O–H groups in total. The molecular formula is C23H28N2O4S. The van der Waals surface area contributed by atoms with Gasteiger partial charge in [0.25, 0.3) is 5.91 Å². The molecular weight excluding hydrogens is 400 g/mol. The minimum absolute atomic E-state index is 0.0598. The first-order chi connectivity index (χ1) is 14.4. The van der Waals surface area contributed by atoms with Gasteiger partial charge in [0.1, 0.15) is 0 Å². The van der Waals surface area contributed by atoms with E-state index in [1.54, 1.807) is 4.90 Å². The lowest BCUT2D eigenvalue weighted by molar-refractivity contribution is -0.153. The normalized spacial score (nSPS) is 18.7. The molecule has 3 rings (SSSR count). The molecule has 160 valence electrons. The number of hydrogen-bond acceptors (Lipinski definition) is 5. The Kier molecular flexibility index (Phi) is 7.26. The summed E-state index contributed by atoms with van der Waals surface area (Å²) >= 11 is 1.50. The Hall–Kier alpha value is -2.67. The zero-order valence-corrected chi connectivity index (χ0v) is 18.4. The Morgan fingerprint density at radius 3 is 2.60 bits per heavy atom. The summed E-state index contributed by atoms with van der Waals surface area (Å²) in [6.07, 6.45) is 0.924. The SMILES string of the molecule is Cc1ccc(N2C(=O)CC(C(=O)OCC(=O)NCCC(C)C)C2c2cccs2)cc1. The molecule has 1 aromatic carbocycles. The van der Waals surface area contributed by atoms with Crippen LogP contribution in [0.15, 0.2) is 41.8 Å². The number of benzene rings is 1. The van der Waals surface area contributed by atoms with Gasteiger partial charge in [-0.3, -0.25) is 14.4 Å². The van der Waals surface area contributed by atoms with Crippen LogP contribution in [0.1, 0.15) is 43.2 Å². The van der Waals surface area contributed by atoms with Crippen molar-refractivity contribution in [2.75, 3.05) is 18.1 Å². The number of nitrogens with zero attached hydrogens (tertiary/aromatic N) is 1. The van der Waals surface area contributed by atoms with Gasteiger partial charge in [0, 0.05) is 23.5 Å². The smallest absolute Gasteiger partial charge is 0.312 e. The second-order valence-electron chi connectivity index (χ2n) is 8.01. The van der Waals surface area contributed by atoms with E-state index in [1.165, 1.54) is 11.3 Å². The highest BCUT2D eigenvalue weighted by Gasteiger charge is 2.46. The molecule has 6 nitrogen and oxygen atoms in total. The molecule has 2 heterocycles. The predicted octanol–water partition coefficient (Wildman–Crippen LogP) is 3.86. The molecule has 2 amide bonds. The van der Waals surface area contributed by atoms with E-state index in [0.717, 1.165) is 22.5 Å². The molecule has 1 aliphatic rings. The van der Waals surface area contributed by atoms with Gasteiger partial charge >= 0.3 is 5.97 Å². The van der Waals surface area contributed by atoms with Crippen LogP contribution in [-0.4, -0.2) is 30.9 Å². The molecule has 2 atom stereocenters.